The molecule has 8 heteroatoms. The fraction of sp³-hybridized carbons (Fsp3) is 0.222. The Morgan fingerprint density at radius 2 is 1.80 bits per heavy atom. The Morgan fingerprint density at radius 3 is 2.57 bits per heavy atom. The zero-order chi connectivity index (χ0) is 24.4. The summed E-state index contributed by atoms with van der Waals surface area (Å²) in [5.41, 5.74) is 4.44. The summed E-state index contributed by atoms with van der Waals surface area (Å²) in [7, 11) is 0. The first kappa shape index (κ1) is 22.5. The van der Waals surface area contributed by atoms with E-state index in [9.17, 15) is 9.59 Å². The fourth-order valence-electron chi connectivity index (χ4n) is 3.85. The van der Waals surface area contributed by atoms with Crippen molar-refractivity contribution in [3.63, 3.8) is 0 Å². The lowest BCUT2D eigenvalue weighted by Crippen LogP contribution is -2.32. The molecule has 2 N–H and O–H groups in total. The Balaban J connectivity index is 1.28. The van der Waals surface area contributed by atoms with Gasteiger partial charge in [-0.1, -0.05) is 36.8 Å². The maximum absolute atomic E-state index is 12.8. The van der Waals surface area contributed by atoms with Gasteiger partial charge in [0.1, 0.15) is 19.0 Å². The zero-order valence-corrected chi connectivity index (χ0v) is 19.5. The molecule has 0 saturated carbocycles. The van der Waals surface area contributed by atoms with Gasteiger partial charge in [-0.25, -0.2) is 9.78 Å². The SMILES string of the molecule is CCC(OC(=O)c1ccc2nc(-c3ccc(C)cc3)[nH]c2c1)C(=O)Nc1ccc2c(c1)OCCO2. The van der Waals surface area contributed by atoms with E-state index < -0.39 is 18.0 Å². The van der Waals surface area contributed by atoms with Crippen LogP contribution in [0.3, 0.4) is 0 Å². The third kappa shape index (κ3) is 4.82. The van der Waals surface area contributed by atoms with Gasteiger partial charge in [0.2, 0.25) is 0 Å². The molecule has 8 nitrogen and oxygen atoms in total. The van der Waals surface area contributed by atoms with E-state index in [-0.39, 0.29) is 0 Å². The van der Waals surface area contributed by atoms with Crippen molar-refractivity contribution in [2.45, 2.75) is 26.4 Å². The standard InChI is InChI=1S/C27H25N3O5/c1-3-22(26(31)28-19-9-11-23-24(15-19)34-13-12-33-23)35-27(32)18-8-10-20-21(14-18)30-25(29-20)17-6-4-16(2)5-7-17/h4-11,14-15,22H,3,12-13H2,1-2H3,(H,28,31)(H,29,30). The van der Waals surface area contributed by atoms with Crippen LogP contribution < -0.4 is 14.8 Å². The monoisotopic (exact) mass is 471 g/mol. The van der Waals surface area contributed by atoms with Gasteiger partial charge in [-0.2, -0.15) is 0 Å². The van der Waals surface area contributed by atoms with Crippen LogP contribution in [-0.4, -0.2) is 41.2 Å². The Labute approximate surface area is 202 Å². The third-order valence-electron chi connectivity index (χ3n) is 5.76. The molecule has 1 aliphatic heterocycles. The number of esters is 1. The number of aromatic nitrogens is 2. The normalized spacial score (nSPS) is 13.3. The van der Waals surface area contributed by atoms with Gasteiger partial charge >= 0.3 is 5.97 Å². The number of imidazole rings is 1. The number of amides is 1. The van der Waals surface area contributed by atoms with Gasteiger partial charge in [-0.3, -0.25) is 4.79 Å². The molecule has 1 amide bonds. The zero-order valence-electron chi connectivity index (χ0n) is 19.5. The number of anilines is 1. The van der Waals surface area contributed by atoms with E-state index in [2.05, 4.69) is 15.3 Å². The lowest BCUT2D eigenvalue weighted by Gasteiger charge is -2.20. The van der Waals surface area contributed by atoms with Gasteiger partial charge in [0, 0.05) is 17.3 Å². The third-order valence-corrected chi connectivity index (χ3v) is 5.76. The van der Waals surface area contributed by atoms with Crippen LogP contribution in [0.2, 0.25) is 0 Å². The van der Waals surface area contributed by atoms with E-state index in [0.29, 0.717) is 47.9 Å². The molecule has 5 rings (SSSR count). The summed E-state index contributed by atoms with van der Waals surface area (Å²) in [5, 5.41) is 2.79. The number of ether oxygens (including phenoxy) is 3. The number of fused-ring (bicyclic) bond motifs is 2. The molecule has 1 atom stereocenters. The summed E-state index contributed by atoms with van der Waals surface area (Å²) in [5.74, 6) is 0.921. The highest BCUT2D eigenvalue weighted by molar-refractivity contribution is 5.99. The molecule has 35 heavy (non-hydrogen) atoms. The number of benzene rings is 3. The minimum Gasteiger partial charge on any atom is -0.486 e. The van der Waals surface area contributed by atoms with E-state index in [0.717, 1.165) is 16.9 Å². The predicted molar refractivity (Wildman–Crippen MR) is 132 cm³/mol. The number of rotatable bonds is 6. The molecular weight excluding hydrogens is 446 g/mol. The van der Waals surface area contributed by atoms with Crippen LogP contribution in [0.15, 0.2) is 60.7 Å². The van der Waals surface area contributed by atoms with E-state index in [1.807, 2.05) is 31.2 Å². The molecule has 0 radical (unpaired) electrons. The molecule has 1 aliphatic rings. The number of carbonyl (C=O) groups excluding carboxylic acids is 2. The lowest BCUT2D eigenvalue weighted by atomic mass is 10.1. The first-order valence-corrected chi connectivity index (χ1v) is 11.5. The number of carbonyl (C=O) groups is 2. The van der Waals surface area contributed by atoms with Crippen LogP contribution in [0.5, 0.6) is 11.5 Å². The lowest BCUT2D eigenvalue weighted by molar-refractivity contribution is -0.124. The molecule has 2 heterocycles. The van der Waals surface area contributed by atoms with Crippen LogP contribution in [0.4, 0.5) is 5.69 Å². The van der Waals surface area contributed by atoms with Crippen molar-refractivity contribution in [2.24, 2.45) is 0 Å². The highest BCUT2D eigenvalue weighted by Crippen LogP contribution is 2.32. The number of hydrogen-bond donors (Lipinski definition) is 2. The fourth-order valence-corrected chi connectivity index (χ4v) is 3.85. The second kappa shape index (κ2) is 9.50. The number of hydrogen-bond acceptors (Lipinski definition) is 6. The van der Waals surface area contributed by atoms with Gasteiger partial charge in [0.15, 0.2) is 17.6 Å². The molecular formula is C27H25N3O5. The minimum atomic E-state index is -0.948. The Kier molecular flexibility index (Phi) is 6.10. The number of aryl methyl sites for hydroxylation is 1. The van der Waals surface area contributed by atoms with Gasteiger partial charge in [-0.15, -0.1) is 0 Å². The molecule has 0 bridgehead atoms. The molecule has 0 fully saturated rings. The maximum Gasteiger partial charge on any atom is 0.338 e. The molecule has 0 aliphatic carbocycles. The van der Waals surface area contributed by atoms with Crippen molar-refractivity contribution in [1.29, 1.82) is 0 Å². The average molecular weight is 472 g/mol. The number of nitrogens with zero attached hydrogens (tertiary/aromatic N) is 1. The molecule has 1 unspecified atom stereocenters. The highest BCUT2D eigenvalue weighted by atomic mass is 16.6. The number of aromatic amines is 1. The minimum absolute atomic E-state index is 0.325. The van der Waals surface area contributed by atoms with Gasteiger partial charge < -0.3 is 24.5 Å². The van der Waals surface area contributed by atoms with Crippen LogP contribution in [0.1, 0.15) is 29.3 Å². The molecule has 3 aromatic carbocycles. The van der Waals surface area contributed by atoms with Gasteiger partial charge in [0.05, 0.1) is 16.6 Å². The van der Waals surface area contributed by atoms with Crippen LogP contribution in [0.25, 0.3) is 22.4 Å². The summed E-state index contributed by atoms with van der Waals surface area (Å²) in [6.45, 7) is 4.75. The average Bonchev–Trinajstić information content (AvgIpc) is 3.31. The van der Waals surface area contributed by atoms with Crippen LogP contribution >= 0.6 is 0 Å². The first-order chi connectivity index (χ1) is 17.0. The van der Waals surface area contributed by atoms with Crippen molar-refractivity contribution in [2.75, 3.05) is 18.5 Å². The van der Waals surface area contributed by atoms with Crippen LogP contribution in [0, 0.1) is 6.92 Å². The molecule has 4 aromatic rings. The molecule has 1 aromatic heterocycles. The van der Waals surface area contributed by atoms with E-state index in [1.54, 1.807) is 43.3 Å². The Bertz CT molecular complexity index is 1390. The summed E-state index contributed by atoms with van der Waals surface area (Å²) in [6.07, 6.45) is -0.622. The molecule has 0 spiro atoms. The van der Waals surface area contributed by atoms with E-state index in [1.165, 1.54) is 5.56 Å². The van der Waals surface area contributed by atoms with Crippen molar-refractivity contribution in [3.05, 3.63) is 71.8 Å². The summed E-state index contributed by atoms with van der Waals surface area (Å²) >= 11 is 0. The van der Waals surface area contributed by atoms with Gasteiger partial charge in [0.25, 0.3) is 5.91 Å². The van der Waals surface area contributed by atoms with E-state index >= 15 is 0 Å². The smallest absolute Gasteiger partial charge is 0.338 e. The van der Waals surface area contributed by atoms with Crippen molar-refractivity contribution in [1.82, 2.24) is 9.97 Å². The second-order valence-corrected chi connectivity index (χ2v) is 8.33. The largest absolute Gasteiger partial charge is 0.486 e. The Morgan fingerprint density at radius 1 is 1.03 bits per heavy atom. The first-order valence-electron chi connectivity index (χ1n) is 11.5. The summed E-state index contributed by atoms with van der Waals surface area (Å²) in [6, 6.07) is 18.3. The second-order valence-electron chi connectivity index (χ2n) is 8.33. The maximum atomic E-state index is 12.8. The quantitative estimate of drug-likeness (QED) is 0.389. The summed E-state index contributed by atoms with van der Waals surface area (Å²) < 4.78 is 16.6. The predicted octanol–water partition coefficient (Wildman–Crippen LogP) is 4.88. The topological polar surface area (TPSA) is 103 Å². The molecule has 178 valence electrons. The summed E-state index contributed by atoms with van der Waals surface area (Å²) in [4.78, 5) is 33.5. The van der Waals surface area contributed by atoms with Crippen LogP contribution in [-0.2, 0) is 9.53 Å². The van der Waals surface area contributed by atoms with Gasteiger partial charge in [-0.05, 0) is 43.7 Å². The van der Waals surface area contributed by atoms with Crippen molar-refractivity contribution in [3.8, 4) is 22.9 Å². The van der Waals surface area contributed by atoms with Crippen molar-refractivity contribution < 1.29 is 23.8 Å². The van der Waals surface area contributed by atoms with E-state index in [4.69, 9.17) is 14.2 Å². The molecule has 0 saturated heterocycles. The Hall–Kier alpha value is -4.33. The van der Waals surface area contributed by atoms with Crippen molar-refractivity contribution >= 4 is 28.6 Å². The highest BCUT2D eigenvalue weighted by Gasteiger charge is 2.23. The number of nitrogens with one attached hydrogen (secondary N) is 2. The number of H-pyrrole nitrogens is 1.